The molecular weight excluding hydrogens is 143 g/mol. The van der Waals surface area contributed by atoms with Crippen LogP contribution in [0.3, 0.4) is 0 Å². The van der Waals surface area contributed by atoms with Crippen LogP contribution in [0.1, 0.15) is 11.1 Å². The number of hydrogen-bond donors (Lipinski definition) is 0. The number of hydrogen-bond acceptors (Lipinski definition) is 1. The van der Waals surface area contributed by atoms with Crippen molar-refractivity contribution >= 4 is 0 Å². The average molecular weight is 154 g/mol. The molecule has 1 nitrogen and oxygen atoms in total. The minimum atomic E-state index is -0.207. The Morgan fingerprint density at radius 2 is 1.91 bits per heavy atom. The molecule has 0 aromatic heterocycles. The van der Waals surface area contributed by atoms with Gasteiger partial charge in [-0.25, -0.2) is 4.39 Å². The van der Waals surface area contributed by atoms with Crippen molar-refractivity contribution in [3.05, 3.63) is 29.1 Å². The Bertz CT molecular complexity index is 269. The molecule has 2 heteroatoms. The SMILES string of the molecule is COc1cc(C)cc(F)c1C. The standard InChI is InChI=1S/C9H11FO/c1-6-4-8(10)7(2)9(5-6)11-3/h4-5H,1-3H3. The van der Waals surface area contributed by atoms with Gasteiger partial charge in [0.05, 0.1) is 7.11 Å². The van der Waals surface area contributed by atoms with Gasteiger partial charge in [0.2, 0.25) is 0 Å². The summed E-state index contributed by atoms with van der Waals surface area (Å²) in [6, 6.07) is 3.32. The van der Waals surface area contributed by atoms with E-state index in [0.717, 1.165) is 5.56 Å². The molecule has 1 aromatic carbocycles. The summed E-state index contributed by atoms with van der Waals surface area (Å²) in [4.78, 5) is 0. The van der Waals surface area contributed by atoms with Crippen LogP contribution in [0.2, 0.25) is 0 Å². The molecule has 0 aliphatic rings. The van der Waals surface area contributed by atoms with Gasteiger partial charge in [-0.1, -0.05) is 0 Å². The van der Waals surface area contributed by atoms with Crippen molar-refractivity contribution < 1.29 is 9.13 Å². The fraction of sp³-hybridized carbons (Fsp3) is 0.333. The number of ether oxygens (including phenoxy) is 1. The van der Waals surface area contributed by atoms with Gasteiger partial charge >= 0.3 is 0 Å². The normalized spacial score (nSPS) is 9.82. The minimum Gasteiger partial charge on any atom is -0.496 e. The summed E-state index contributed by atoms with van der Waals surface area (Å²) in [6.07, 6.45) is 0. The minimum absolute atomic E-state index is 0.207. The Morgan fingerprint density at radius 3 is 2.45 bits per heavy atom. The van der Waals surface area contributed by atoms with Crippen LogP contribution in [0, 0.1) is 19.7 Å². The third kappa shape index (κ3) is 1.50. The summed E-state index contributed by atoms with van der Waals surface area (Å²) in [5, 5.41) is 0. The monoisotopic (exact) mass is 154 g/mol. The molecule has 0 fully saturated rings. The van der Waals surface area contributed by atoms with Crippen molar-refractivity contribution in [3.8, 4) is 5.75 Å². The molecule has 0 saturated heterocycles. The molecule has 0 saturated carbocycles. The van der Waals surface area contributed by atoms with Crippen molar-refractivity contribution in [2.75, 3.05) is 7.11 Å². The van der Waals surface area contributed by atoms with E-state index in [-0.39, 0.29) is 5.82 Å². The second kappa shape index (κ2) is 2.91. The lowest BCUT2D eigenvalue weighted by molar-refractivity contribution is 0.407. The molecule has 0 heterocycles. The molecule has 0 atom stereocenters. The number of benzene rings is 1. The summed E-state index contributed by atoms with van der Waals surface area (Å²) < 4.78 is 17.9. The van der Waals surface area contributed by atoms with Crippen molar-refractivity contribution in [2.24, 2.45) is 0 Å². The Hall–Kier alpha value is -1.05. The number of aryl methyl sites for hydroxylation is 1. The first-order valence-corrected chi connectivity index (χ1v) is 3.46. The third-order valence-corrected chi connectivity index (χ3v) is 1.66. The van der Waals surface area contributed by atoms with Gasteiger partial charge in [0.1, 0.15) is 11.6 Å². The lowest BCUT2D eigenvalue weighted by Crippen LogP contribution is -1.91. The second-order valence-electron chi connectivity index (χ2n) is 2.57. The van der Waals surface area contributed by atoms with E-state index in [9.17, 15) is 4.39 Å². The van der Waals surface area contributed by atoms with Crippen LogP contribution in [0.4, 0.5) is 4.39 Å². The van der Waals surface area contributed by atoms with E-state index in [2.05, 4.69) is 0 Å². The van der Waals surface area contributed by atoms with E-state index in [4.69, 9.17) is 4.74 Å². The maximum Gasteiger partial charge on any atom is 0.130 e. The molecule has 0 radical (unpaired) electrons. The van der Waals surface area contributed by atoms with Gasteiger partial charge < -0.3 is 4.74 Å². The summed E-state index contributed by atoms with van der Waals surface area (Å²) in [6.45, 7) is 3.54. The lowest BCUT2D eigenvalue weighted by Gasteiger charge is -2.05. The van der Waals surface area contributed by atoms with Gasteiger partial charge in [-0.2, -0.15) is 0 Å². The van der Waals surface area contributed by atoms with E-state index in [1.807, 2.05) is 13.0 Å². The van der Waals surface area contributed by atoms with Crippen LogP contribution in [-0.4, -0.2) is 7.11 Å². The summed E-state index contributed by atoms with van der Waals surface area (Å²) in [7, 11) is 1.54. The van der Waals surface area contributed by atoms with Crippen LogP contribution in [0.25, 0.3) is 0 Å². The predicted molar refractivity (Wildman–Crippen MR) is 42.4 cm³/mol. The lowest BCUT2D eigenvalue weighted by atomic mass is 10.1. The van der Waals surface area contributed by atoms with Gasteiger partial charge in [-0.3, -0.25) is 0 Å². The largest absolute Gasteiger partial charge is 0.496 e. The molecule has 0 spiro atoms. The zero-order valence-electron chi connectivity index (χ0n) is 6.94. The van der Waals surface area contributed by atoms with Crippen LogP contribution in [0.15, 0.2) is 12.1 Å². The maximum absolute atomic E-state index is 12.9. The third-order valence-electron chi connectivity index (χ3n) is 1.66. The molecule has 60 valence electrons. The fourth-order valence-electron chi connectivity index (χ4n) is 0.995. The molecule has 0 bridgehead atoms. The molecule has 11 heavy (non-hydrogen) atoms. The first kappa shape index (κ1) is 8.05. The van der Waals surface area contributed by atoms with Gasteiger partial charge in [-0.05, 0) is 31.5 Å². The maximum atomic E-state index is 12.9. The van der Waals surface area contributed by atoms with Crippen LogP contribution in [-0.2, 0) is 0 Å². The molecule has 1 rings (SSSR count). The van der Waals surface area contributed by atoms with E-state index in [1.54, 1.807) is 14.0 Å². The fourth-order valence-corrected chi connectivity index (χ4v) is 0.995. The number of halogens is 1. The van der Waals surface area contributed by atoms with Crippen LogP contribution in [0.5, 0.6) is 5.75 Å². The van der Waals surface area contributed by atoms with Gasteiger partial charge in [0, 0.05) is 5.56 Å². The Morgan fingerprint density at radius 1 is 1.27 bits per heavy atom. The zero-order chi connectivity index (χ0) is 8.43. The van der Waals surface area contributed by atoms with E-state index >= 15 is 0 Å². The Kier molecular flexibility index (Phi) is 2.13. The van der Waals surface area contributed by atoms with Crippen molar-refractivity contribution in [2.45, 2.75) is 13.8 Å². The van der Waals surface area contributed by atoms with Crippen molar-refractivity contribution in [3.63, 3.8) is 0 Å². The highest BCUT2D eigenvalue weighted by atomic mass is 19.1. The second-order valence-corrected chi connectivity index (χ2v) is 2.57. The Labute approximate surface area is 65.8 Å². The van der Waals surface area contributed by atoms with Crippen LogP contribution >= 0.6 is 0 Å². The van der Waals surface area contributed by atoms with Gasteiger partial charge in [0.15, 0.2) is 0 Å². The number of methoxy groups -OCH3 is 1. The van der Waals surface area contributed by atoms with E-state index in [0.29, 0.717) is 11.3 Å². The molecule has 1 aromatic rings. The molecule has 0 aliphatic carbocycles. The topological polar surface area (TPSA) is 9.23 Å². The van der Waals surface area contributed by atoms with Crippen molar-refractivity contribution in [1.82, 2.24) is 0 Å². The summed E-state index contributed by atoms with van der Waals surface area (Å²) >= 11 is 0. The molecule has 0 aliphatic heterocycles. The average Bonchev–Trinajstić information content (AvgIpc) is 1.96. The van der Waals surface area contributed by atoms with E-state index in [1.165, 1.54) is 6.07 Å². The van der Waals surface area contributed by atoms with Crippen LogP contribution < -0.4 is 4.74 Å². The molecular formula is C9H11FO. The molecule has 0 N–H and O–H groups in total. The highest BCUT2D eigenvalue weighted by Gasteiger charge is 2.04. The van der Waals surface area contributed by atoms with Gasteiger partial charge in [-0.15, -0.1) is 0 Å². The first-order chi connectivity index (χ1) is 5.15. The summed E-state index contributed by atoms with van der Waals surface area (Å²) in [5.74, 6) is 0.407. The zero-order valence-corrected chi connectivity index (χ0v) is 6.94. The molecule has 0 unspecified atom stereocenters. The van der Waals surface area contributed by atoms with Crippen molar-refractivity contribution in [1.29, 1.82) is 0 Å². The quantitative estimate of drug-likeness (QED) is 0.603. The first-order valence-electron chi connectivity index (χ1n) is 3.46. The summed E-state index contributed by atoms with van der Waals surface area (Å²) in [5.41, 5.74) is 1.45. The predicted octanol–water partition coefficient (Wildman–Crippen LogP) is 2.45. The highest BCUT2D eigenvalue weighted by Crippen LogP contribution is 2.21. The molecule has 0 amide bonds. The number of rotatable bonds is 1. The van der Waals surface area contributed by atoms with Gasteiger partial charge in [0.25, 0.3) is 0 Å². The van der Waals surface area contributed by atoms with E-state index < -0.39 is 0 Å². The highest BCUT2D eigenvalue weighted by molar-refractivity contribution is 5.37. The Balaban J connectivity index is 3.24. The smallest absolute Gasteiger partial charge is 0.130 e.